The SMILES string of the molecule is O=C1CN(c2ccc(NC(=O)c3ccc[nH]c3=O)cn2)CCN1. The summed E-state index contributed by atoms with van der Waals surface area (Å²) in [6.45, 7) is 1.53. The van der Waals surface area contributed by atoms with E-state index in [1.165, 1.54) is 18.5 Å². The fourth-order valence-corrected chi connectivity index (χ4v) is 2.28. The normalized spacial score (nSPS) is 14.3. The number of anilines is 2. The molecule has 118 valence electrons. The summed E-state index contributed by atoms with van der Waals surface area (Å²) >= 11 is 0. The predicted molar refractivity (Wildman–Crippen MR) is 84.5 cm³/mol. The standard InChI is InChI=1S/C15H15N5O3/c21-13-9-20(7-6-16-13)12-4-3-10(8-18-12)19-15(23)11-2-1-5-17-14(11)22/h1-5,8H,6-7,9H2,(H,16,21)(H,17,22)(H,19,23). The number of carbonyl (C=O) groups is 2. The van der Waals surface area contributed by atoms with Crippen LogP contribution in [0.25, 0.3) is 0 Å². The lowest BCUT2D eigenvalue weighted by molar-refractivity contribution is -0.120. The van der Waals surface area contributed by atoms with Gasteiger partial charge in [0.2, 0.25) is 5.91 Å². The van der Waals surface area contributed by atoms with E-state index in [1.54, 1.807) is 18.2 Å². The number of amides is 2. The molecule has 0 radical (unpaired) electrons. The number of nitrogens with zero attached hydrogens (tertiary/aromatic N) is 2. The molecule has 1 saturated heterocycles. The van der Waals surface area contributed by atoms with E-state index in [9.17, 15) is 14.4 Å². The topological polar surface area (TPSA) is 107 Å². The first-order valence-corrected chi connectivity index (χ1v) is 7.10. The first kappa shape index (κ1) is 14.8. The van der Waals surface area contributed by atoms with Gasteiger partial charge in [0.25, 0.3) is 11.5 Å². The number of H-pyrrole nitrogens is 1. The van der Waals surface area contributed by atoms with E-state index in [1.807, 2.05) is 4.90 Å². The van der Waals surface area contributed by atoms with Gasteiger partial charge in [-0.1, -0.05) is 0 Å². The van der Waals surface area contributed by atoms with Crippen LogP contribution >= 0.6 is 0 Å². The molecule has 0 bridgehead atoms. The third-order valence-corrected chi connectivity index (χ3v) is 3.43. The zero-order chi connectivity index (χ0) is 16.2. The van der Waals surface area contributed by atoms with Gasteiger partial charge < -0.3 is 20.5 Å². The van der Waals surface area contributed by atoms with E-state index >= 15 is 0 Å². The molecule has 8 heteroatoms. The summed E-state index contributed by atoms with van der Waals surface area (Å²) in [6.07, 6.45) is 2.96. The second kappa shape index (κ2) is 6.30. The third-order valence-electron chi connectivity index (χ3n) is 3.43. The van der Waals surface area contributed by atoms with Crippen molar-refractivity contribution in [1.29, 1.82) is 0 Å². The monoisotopic (exact) mass is 313 g/mol. The highest BCUT2D eigenvalue weighted by molar-refractivity contribution is 6.03. The molecule has 0 aromatic carbocycles. The highest BCUT2D eigenvalue weighted by Crippen LogP contribution is 2.15. The minimum absolute atomic E-state index is 0.0317. The van der Waals surface area contributed by atoms with Crippen LogP contribution in [0.2, 0.25) is 0 Å². The van der Waals surface area contributed by atoms with Crippen LogP contribution in [-0.2, 0) is 4.79 Å². The molecule has 3 heterocycles. The number of aromatic nitrogens is 2. The Kier molecular flexibility index (Phi) is 4.05. The van der Waals surface area contributed by atoms with Gasteiger partial charge in [-0.25, -0.2) is 4.98 Å². The Balaban J connectivity index is 1.70. The Labute approximate surface area is 131 Å². The van der Waals surface area contributed by atoms with Crippen molar-refractivity contribution in [2.75, 3.05) is 29.9 Å². The molecule has 3 rings (SSSR count). The maximum absolute atomic E-state index is 12.0. The number of hydrogen-bond acceptors (Lipinski definition) is 5. The minimum Gasteiger partial charge on any atom is -0.353 e. The Morgan fingerprint density at radius 2 is 2.13 bits per heavy atom. The van der Waals surface area contributed by atoms with Gasteiger partial charge in [0.15, 0.2) is 0 Å². The molecule has 8 nitrogen and oxygen atoms in total. The van der Waals surface area contributed by atoms with Gasteiger partial charge in [-0.05, 0) is 24.3 Å². The highest BCUT2D eigenvalue weighted by Gasteiger charge is 2.17. The zero-order valence-electron chi connectivity index (χ0n) is 12.2. The van der Waals surface area contributed by atoms with E-state index in [0.717, 1.165) is 0 Å². The van der Waals surface area contributed by atoms with Gasteiger partial charge >= 0.3 is 0 Å². The maximum Gasteiger partial charge on any atom is 0.261 e. The van der Waals surface area contributed by atoms with Crippen LogP contribution in [0.15, 0.2) is 41.5 Å². The van der Waals surface area contributed by atoms with Crippen molar-refractivity contribution < 1.29 is 9.59 Å². The summed E-state index contributed by atoms with van der Waals surface area (Å²) in [5, 5.41) is 5.36. The number of carbonyl (C=O) groups excluding carboxylic acids is 2. The van der Waals surface area contributed by atoms with E-state index in [4.69, 9.17) is 0 Å². The average molecular weight is 313 g/mol. The van der Waals surface area contributed by atoms with Gasteiger partial charge in [0, 0.05) is 19.3 Å². The fourth-order valence-electron chi connectivity index (χ4n) is 2.28. The minimum atomic E-state index is -0.501. The molecule has 3 N–H and O–H groups in total. The molecule has 1 aliphatic rings. The summed E-state index contributed by atoms with van der Waals surface area (Å²) in [6, 6.07) is 6.44. The summed E-state index contributed by atoms with van der Waals surface area (Å²) in [4.78, 5) is 43.5. The van der Waals surface area contributed by atoms with Gasteiger partial charge in [0.1, 0.15) is 11.4 Å². The van der Waals surface area contributed by atoms with E-state index in [-0.39, 0.29) is 18.0 Å². The summed E-state index contributed by atoms with van der Waals surface area (Å²) in [7, 11) is 0. The van der Waals surface area contributed by atoms with Crippen molar-refractivity contribution in [2.24, 2.45) is 0 Å². The number of pyridine rings is 2. The summed E-state index contributed by atoms with van der Waals surface area (Å²) in [5.41, 5.74) is 0.0571. The lowest BCUT2D eigenvalue weighted by Gasteiger charge is -2.27. The van der Waals surface area contributed by atoms with E-state index in [0.29, 0.717) is 24.6 Å². The fraction of sp³-hybridized carbons (Fsp3) is 0.200. The molecule has 2 aromatic rings. The molecule has 23 heavy (non-hydrogen) atoms. The molecule has 2 amide bonds. The summed E-state index contributed by atoms with van der Waals surface area (Å²) < 4.78 is 0. The second-order valence-electron chi connectivity index (χ2n) is 5.04. The first-order chi connectivity index (χ1) is 11.1. The Hall–Kier alpha value is -3.16. The molecule has 0 unspecified atom stereocenters. The smallest absolute Gasteiger partial charge is 0.261 e. The van der Waals surface area contributed by atoms with Crippen molar-refractivity contribution in [3.05, 3.63) is 52.6 Å². The van der Waals surface area contributed by atoms with Crippen molar-refractivity contribution in [3.8, 4) is 0 Å². The quantitative estimate of drug-likeness (QED) is 0.737. The third kappa shape index (κ3) is 3.37. The number of piperazine rings is 1. The average Bonchev–Trinajstić information content (AvgIpc) is 2.56. The van der Waals surface area contributed by atoms with Crippen molar-refractivity contribution in [2.45, 2.75) is 0 Å². The van der Waals surface area contributed by atoms with Crippen LogP contribution in [0.3, 0.4) is 0 Å². The predicted octanol–water partition coefficient (Wildman–Crippen LogP) is -0.0416. The molecule has 1 aliphatic heterocycles. The lowest BCUT2D eigenvalue weighted by atomic mass is 10.2. The number of aromatic amines is 1. The zero-order valence-corrected chi connectivity index (χ0v) is 12.2. The van der Waals surface area contributed by atoms with Crippen molar-refractivity contribution in [1.82, 2.24) is 15.3 Å². The van der Waals surface area contributed by atoms with Gasteiger partial charge in [-0.3, -0.25) is 14.4 Å². The second-order valence-corrected chi connectivity index (χ2v) is 5.04. The van der Waals surface area contributed by atoms with Crippen LogP contribution in [0.1, 0.15) is 10.4 Å². The van der Waals surface area contributed by atoms with Crippen molar-refractivity contribution in [3.63, 3.8) is 0 Å². The van der Waals surface area contributed by atoms with Crippen LogP contribution in [-0.4, -0.2) is 41.4 Å². The number of hydrogen-bond donors (Lipinski definition) is 3. The van der Waals surface area contributed by atoms with E-state index < -0.39 is 11.5 Å². The van der Waals surface area contributed by atoms with Crippen LogP contribution in [0, 0.1) is 0 Å². The van der Waals surface area contributed by atoms with E-state index in [2.05, 4.69) is 20.6 Å². The van der Waals surface area contributed by atoms with Crippen molar-refractivity contribution >= 4 is 23.3 Å². The number of rotatable bonds is 3. The molecular formula is C15H15N5O3. The highest BCUT2D eigenvalue weighted by atomic mass is 16.2. The Bertz CT molecular complexity index is 784. The molecule has 2 aromatic heterocycles. The van der Waals surface area contributed by atoms with Gasteiger partial charge in [-0.2, -0.15) is 0 Å². The Morgan fingerprint density at radius 3 is 2.83 bits per heavy atom. The molecule has 1 fully saturated rings. The molecule has 0 atom stereocenters. The molecule has 0 aliphatic carbocycles. The van der Waals surface area contributed by atoms with Gasteiger partial charge in [-0.15, -0.1) is 0 Å². The van der Waals surface area contributed by atoms with Crippen LogP contribution in [0.4, 0.5) is 11.5 Å². The van der Waals surface area contributed by atoms with Gasteiger partial charge in [0.05, 0.1) is 18.4 Å². The first-order valence-electron chi connectivity index (χ1n) is 7.10. The maximum atomic E-state index is 12.0. The molecular weight excluding hydrogens is 298 g/mol. The molecule has 0 saturated carbocycles. The summed E-state index contributed by atoms with van der Waals surface area (Å²) in [5.74, 6) is 0.118. The number of nitrogens with one attached hydrogen (secondary N) is 3. The molecule has 0 spiro atoms. The Morgan fingerprint density at radius 1 is 1.26 bits per heavy atom. The lowest BCUT2D eigenvalue weighted by Crippen LogP contribution is -2.48. The van der Waals surface area contributed by atoms with Crippen LogP contribution in [0.5, 0.6) is 0 Å². The van der Waals surface area contributed by atoms with Crippen LogP contribution < -0.4 is 21.1 Å². The largest absolute Gasteiger partial charge is 0.353 e.